The van der Waals surface area contributed by atoms with Crippen molar-refractivity contribution in [3.05, 3.63) is 17.8 Å². The van der Waals surface area contributed by atoms with E-state index >= 15 is 0 Å². The molecule has 0 bridgehead atoms. The molecule has 1 fully saturated rings. The fourth-order valence-electron chi connectivity index (χ4n) is 2.43. The average Bonchev–Trinajstić information content (AvgIpc) is 2.37. The minimum Gasteiger partial charge on any atom is -0.397 e. The van der Waals surface area contributed by atoms with Crippen LogP contribution in [0.1, 0.15) is 24.2 Å². The van der Waals surface area contributed by atoms with Crippen LogP contribution in [0.2, 0.25) is 0 Å². The molecule has 7 nitrogen and oxygen atoms in total. The molecule has 7 heteroatoms. The highest BCUT2D eigenvalue weighted by Gasteiger charge is 2.41. The molecule has 4 N–H and O–H groups in total. The SMILES string of the molecule is CN1CCN(c2cc(C(N)=O)c(N)cn2)C(C)(C)C1=O. The lowest BCUT2D eigenvalue weighted by atomic mass is 9.97. The van der Waals surface area contributed by atoms with Crippen molar-refractivity contribution in [3.63, 3.8) is 0 Å². The monoisotopic (exact) mass is 277 g/mol. The van der Waals surface area contributed by atoms with Crippen molar-refractivity contribution in [1.82, 2.24) is 9.88 Å². The number of carbonyl (C=O) groups excluding carboxylic acids is 2. The molecule has 0 saturated carbocycles. The minimum absolute atomic E-state index is 0.00278. The molecule has 1 aliphatic rings. The quantitative estimate of drug-likeness (QED) is 0.780. The van der Waals surface area contributed by atoms with Gasteiger partial charge in [-0.2, -0.15) is 0 Å². The van der Waals surface area contributed by atoms with E-state index in [2.05, 4.69) is 4.98 Å². The second-order valence-electron chi connectivity index (χ2n) is 5.43. The second-order valence-corrected chi connectivity index (χ2v) is 5.43. The van der Waals surface area contributed by atoms with E-state index in [-0.39, 0.29) is 17.2 Å². The van der Waals surface area contributed by atoms with E-state index in [9.17, 15) is 9.59 Å². The highest BCUT2D eigenvalue weighted by Crippen LogP contribution is 2.28. The largest absolute Gasteiger partial charge is 0.397 e. The lowest BCUT2D eigenvalue weighted by Crippen LogP contribution is -2.62. The van der Waals surface area contributed by atoms with Gasteiger partial charge in [0, 0.05) is 20.1 Å². The molecule has 108 valence electrons. The van der Waals surface area contributed by atoms with E-state index in [1.807, 2.05) is 18.7 Å². The van der Waals surface area contributed by atoms with E-state index in [4.69, 9.17) is 11.5 Å². The summed E-state index contributed by atoms with van der Waals surface area (Å²) < 4.78 is 0. The number of hydrogen-bond acceptors (Lipinski definition) is 5. The zero-order valence-corrected chi connectivity index (χ0v) is 11.9. The number of aromatic nitrogens is 1. The van der Waals surface area contributed by atoms with Crippen molar-refractivity contribution in [2.45, 2.75) is 19.4 Å². The fourth-order valence-corrected chi connectivity index (χ4v) is 2.43. The first-order valence-electron chi connectivity index (χ1n) is 6.33. The number of carbonyl (C=O) groups is 2. The number of primary amides is 1. The molecule has 2 rings (SSSR count). The molecule has 0 spiro atoms. The maximum Gasteiger partial charge on any atom is 0.250 e. The zero-order chi connectivity index (χ0) is 15.1. The predicted octanol–water partition coefficient (Wildman–Crippen LogP) is -0.180. The van der Waals surface area contributed by atoms with Gasteiger partial charge < -0.3 is 21.3 Å². The predicted molar refractivity (Wildman–Crippen MR) is 76.2 cm³/mol. The van der Waals surface area contributed by atoms with Gasteiger partial charge in [0.2, 0.25) is 5.91 Å². The number of hydrogen-bond donors (Lipinski definition) is 2. The van der Waals surface area contributed by atoms with Crippen molar-refractivity contribution in [1.29, 1.82) is 0 Å². The Balaban J connectivity index is 2.43. The van der Waals surface area contributed by atoms with Crippen LogP contribution >= 0.6 is 0 Å². The Morgan fingerprint density at radius 2 is 2.05 bits per heavy atom. The molecule has 20 heavy (non-hydrogen) atoms. The number of likely N-dealkylation sites (N-methyl/N-ethyl adjacent to an activating group) is 1. The molecular formula is C13H19N5O2. The van der Waals surface area contributed by atoms with Gasteiger partial charge in [-0.3, -0.25) is 9.59 Å². The minimum atomic E-state index is -0.731. The third kappa shape index (κ3) is 2.15. The smallest absolute Gasteiger partial charge is 0.250 e. The van der Waals surface area contributed by atoms with Crippen molar-refractivity contribution >= 4 is 23.3 Å². The third-order valence-corrected chi connectivity index (χ3v) is 3.67. The normalized spacial score (nSPS) is 18.2. The van der Waals surface area contributed by atoms with E-state index < -0.39 is 11.4 Å². The number of nitrogen functional groups attached to an aromatic ring is 1. The lowest BCUT2D eigenvalue weighted by Gasteiger charge is -2.45. The first-order valence-corrected chi connectivity index (χ1v) is 6.33. The van der Waals surface area contributed by atoms with Crippen LogP contribution in [0.4, 0.5) is 11.5 Å². The Kier molecular flexibility index (Phi) is 3.29. The Hall–Kier alpha value is -2.31. The van der Waals surface area contributed by atoms with Crippen molar-refractivity contribution in [2.75, 3.05) is 30.8 Å². The molecule has 2 amide bonds. The van der Waals surface area contributed by atoms with Crippen LogP contribution in [-0.2, 0) is 4.79 Å². The first-order chi connectivity index (χ1) is 9.25. The Morgan fingerprint density at radius 1 is 1.40 bits per heavy atom. The maximum atomic E-state index is 12.3. The summed E-state index contributed by atoms with van der Waals surface area (Å²) in [6.07, 6.45) is 1.40. The molecule has 0 atom stereocenters. The molecule has 2 heterocycles. The van der Waals surface area contributed by atoms with Crippen LogP contribution in [0.5, 0.6) is 0 Å². The number of piperazine rings is 1. The third-order valence-electron chi connectivity index (χ3n) is 3.67. The van der Waals surface area contributed by atoms with E-state index in [0.717, 1.165) is 0 Å². The van der Waals surface area contributed by atoms with Crippen molar-refractivity contribution in [2.24, 2.45) is 5.73 Å². The molecule has 0 radical (unpaired) electrons. The van der Waals surface area contributed by atoms with Crippen LogP contribution in [-0.4, -0.2) is 47.4 Å². The van der Waals surface area contributed by atoms with Crippen LogP contribution in [0.15, 0.2) is 12.3 Å². The molecule has 0 aromatic carbocycles. The van der Waals surface area contributed by atoms with Gasteiger partial charge in [-0.05, 0) is 19.9 Å². The van der Waals surface area contributed by atoms with Gasteiger partial charge in [-0.25, -0.2) is 4.98 Å². The summed E-state index contributed by atoms with van der Waals surface area (Å²) >= 11 is 0. The molecule has 1 aromatic rings. The van der Waals surface area contributed by atoms with E-state index in [1.165, 1.54) is 12.3 Å². The zero-order valence-electron chi connectivity index (χ0n) is 11.9. The molecule has 1 saturated heterocycles. The van der Waals surface area contributed by atoms with Crippen molar-refractivity contribution < 1.29 is 9.59 Å². The number of nitrogens with zero attached hydrogens (tertiary/aromatic N) is 3. The molecular weight excluding hydrogens is 258 g/mol. The van der Waals surface area contributed by atoms with Gasteiger partial charge in [0.15, 0.2) is 0 Å². The number of amides is 2. The van der Waals surface area contributed by atoms with Gasteiger partial charge in [0.25, 0.3) is 5.91 Å². The number of pyridine rings is 1. The Morgan fingerprint density at radius 3 is 2.65 bits per heavy atom. The molecule has 1 aromatic heterocycles. The van der Waals surface area contributed by atoms with Crippen LogP contribution in [0, 0.1) is 0 Å². The fraction of sp³-hybridized carbons (Fsp3) is 0.462. The first kappa shape index (κ1) is 14.1. The summed E-state index contributed by atoms with van der Waals surface area (Å²) in [6, 6.07) is 1.54. The average molecular weight is 277 g/mol. The molecule has 0 aliphatic carbocycles. The topological polar surface area (TPSA) is 106 Å². The van der Waals surface area contributed by atoms with E-state index in [1.54, 1.807) is 11.9 Å². The number of nitrogens with two attached hydrogens (primary N) is 2. The second kappa shape index (κ2) is 4.66. The summed E-state index contributed by atoms with van der Waals surface area (Å²) in [4.78, 5) is 31.4. The molecule has 1 aliphatic heterocycles. The summed E-state index contributed by atoms with van der Waals surface area (Å²) in [5, 5.41) is 0. The van der Waals surface area contributed by atoms with Crippen LogP contribution < -0.4 is 16.4 Å². The summed E-state index contributed by atoms with van der Waals surface area (Å²) in [6.45, 7) is 4.88. The van der Waals surface area contributed by atoms with Gasteiger partial charge in [0.1, 0.15) is 11.4 Å². The number of anilines is 2. The highest BCUT2D eigenvalue weighted by molar-refractivity contribution is 5.99. The highest BCUT2D eigenvalue weighted by atomic mass is 16.2. The summed E-state index contributed by atoms with van der Waals surface area (Å²) in [5.74, 6) is -0.0770. The van der Waals surface area contributed by atoms with Crippen molar-refractivity contribution in [3.8, 4) is 0 Å². The molecule has 0 unspecified atom stereocenters. The summed E-state index contributed by atoms with van der Waals surface area (Å²) in [7, 11) is 1.77. The van der Waals surface area contributed by atoms with E-state index in [0.29, 0.717) is 18.9 Å². The van der Waals surface area contributed by atoms with Gasteiger partial charge >= 0.3 is 0 Å². The Bertz CT molecular complexity index is 570. The lowest BCUT2D eigenvalue weighted by molar-refractivity contribution is -0.136. The Labute approximate surface area is 117 Å². The van der Waals surface area contributed by atoms with Crippen LogP contribution in [0.25, 0.3) is 0 Å². The van der Waals surface area contributed by atoms with Gasteiger partial charge in [-0.1, -0.05) is 0 Å². The van der Waals surface area contributed by atoms with Gasteiger partial charge in [0.05, 0.1) is 17.4 Å². The maximum absolute atomic E-state index is 12.3. The van der Waals surface area contributed by atoms with Crippen LogP contribution in [0.3, 0.4) is 0 Å². The number of rotatable bonds is 2. The summed E-state index contributed by atoms with van der Waals surface area (Å²) in [5.41, 5.74) is 10.7. The van der Waals surface area contributed by atoms with Gasteiger partial charge in [-0.15, -0.1) is 0 Å². The standard InChI is InChI=1S/C13H19N5O2/c1-13(2)12(20)17(3)4-5-18(13)10-6-8(11(15)19)9(14)7-16-10/h6-7H,4-5,14H2,1-3H3,(H2,15,19).